The van der Waals surface area contributed by atoms with Crippen LogP contribution in [0.15, 0.2) is 18.2 Å². The van der Waals surface area contributed by atoms with Gasteiger partial charge in [0.05, 0.1) is 11.4 Å². The Morgan fingerprint density at radius 2 is 2.18 bits per heavy atom. The molecule has 0 aliphatic carbocycles. The first-order valence-electron chi connectivity index (χ1n) is 5.97. The molecule has 92 valence electrons. The van der Waals surface area contributed by atoms with Gasteiger partial charge in [-0.15, -0.1) is 0 Å². The third-order valence-corrected chi connectivity index (χ3v) is 3.09. The molecule has 1 amide bonds. The van der Waals surface area contributed by atoms with E-state index in [2.05, 4.69) is 5.32 Å². The highest BCUT2D eigenvalue weighted by Crippen LogP contribution is 2.35. The molecule has 1 aliphatic heterocycles. The Labute approximate surface area is 102 Å². The molecule has 0 saturated heterocycles. The van der Waals surface area contributed by atoms with E-state index in [1.54, 1.807) is 0 Å². The second-order valence-electron chi connectivity index (χ2n) is 4.68. The van der Waals surface area contributed by atoms with Gasteiger partial charge in [-0.1, -0.05) is 12.1 Å². The highest BCUT2D eigenvalue weighted by atomic mass is 16.2. The minimum atomic E-state index is -0.197. The Balaban J connectivity index is 2.56. The molecule has 4 nitrogen and oxygen atoms in total. The number of amides is 1. The number of benzene rings is 1. The van der Waals surface area contributed by atoms with Crippen LogP contribution in [0, 0.1) is 0 Å². The zero-order chi connectivity index (χ0) is 12.6. The molecular formula is C13H19N3O. The molecule has 0 spiro atoms. The molecule has 1 aromatic rings. The highest BCUT2D eigenvalue weighted by molar-refractivity contribution is 6.05. The summed E-state index contributed by atoms with van der Waals surface area (Å²) in [6.45, 7) is 6.40. The molecule has 0 aromatic heterocycles. The number of carbonyl (C=O) groups excluding carboxylic acids is 1. The van der Waals surface area contributed by atoms with Gasteiger partial charge in [0.15, 0.2) is 0 Å². The van der Waals surface area contributed by atoms with Crippen LogP contribution in [0.3, 0.4) is 0 Å². The summed E-state index contributed by atoms with van der Waals surface area (Å²) >= 11 is 0. The maximum absolute atomic E-state index is 12.2. The number of nitrogens with two attached hydrogens (primary N) is 1. The maximum Gasteiger partial charge on any atom is 0.249 e. The summed E-state index contributed by atoms with van der Waals surface area (Å²) in [5, 5.41) is 3.24. The summed E-state index contributed by atoms with van der Waals surface area (Å²) < 4.78 is 0. The fourth-order valence-electron chi connectivity index (χ4n) is 2.26. The van der Waals surface area contributed by atoms with Crippen molar-refractivity contribution in [2.45, 2.75) is 39.4 Å². The summed E-state index contributed by atoms with van der Waals surface area (Å²) in [7, 11) is 0. The average molecular weight is 233 g/mol. The van der Waals surface area contributed by atoms with Gasteiger partial charge in [0.25, 0.3) is 0 Å². The van der Waals surface area contributed by atoms with Gasteiger partial charge in [-0.25, -0.2) is 0 Å². The zero-order valence-electron chi connectivity index (χ0n) is 10.5. The third-order valence-electron chi connectivity index (χ3n) is 3.09. The molecular weight excluding hydrogens is 214 g/mol. The van der Waals surface area contributed by atoms with Crippen molar-refractivity contribution in [2.24, 2.45) is 5.73 Å². The number of hydrogen-bond donors (Lipinski definition) is 2. The van der Waals surface area contributed by atoms with E-state index in [1.165, 1.54) is 0 Å². The topological polar surface area (TPSA) is 58.4 Å². The number of nitrogens with one attached hydrogen (secondary N) is 1. The molecule has 0 bridgehead atoms. The quantitative estimate of drug-likeness (QED) is 0.817. The number of hydrogen-bond acceptors (Lipinski definition) is 3. The second-order valence-corrected chi connectivity index (χ2v) is 4.68. The largest absolute Gasteiger partial charge is 0.372 e. The minimum Gasteiger partial charge on any atom is -0.372 e. The van der Waals surface area contributed by atoms with E-state index in [0.717, 1.165) is 16.9 Å². The summed E-state index contributed by atoms with van der Waals surface area (Å²) in [4.78, 5) is 14.0. The normalized spacial score (nSPS) is 19.2. The predicted molar refractivity (Wildman–Crippen MR) is 70.0 cm³/mol. The van der Waals surface area contributed by atoms with Crippen LogP contribution in [0.2, 0.25) is 0 Å². The first-order valence-corrected chi connectivity index (χ1v) is 5.97. The molecule has 1 aromatic carbocycles. The van der Waals surface area contributed by atoms with Crippen LogP contribution in [-0.4, -0.2) is 18.0 Å². The molecule has 1 atom stereocenters. The molecule has 3 N–H and O–H groups in total. The standard InChI is InChI=1S/C13H19N3O/c1-8(2)16-11-6-4-5-10(7-14)12(11)15-9(3)13(16)17/h4-6,8-9,15H,7,14H2,1-3H3. The maximum atomic E-state index is 12.2. The predicted octanol–water partition coefficient (Wildman–Crippen LogP) is 1.70. The van der Waals surface area contributed by atoms with Crippen molar-refractivity contribution in [3.63, 3.8) is 0 Å². The summed E-state index contributed by atoms with van der Waals surface area (Å²) in [5.41, 5.74) is 8.71. The molecule has 0 radical (unpaired) electrons. The van der Waals surface area contributed by atoms with Gasteiger partial charge in [-0.2, -0.15) is 0 Å². The number of anilines is 2. The Morgan fingerprint density at radius 3 is 2.76 bits per heavy atom. The van der Waals surface area contributed by atoms with Crippen molar-refractivity contribution in [1.29, 1.82) is 0 Å². The molecule has 17 heavy (non-hydrogen) atoms. The number of fused-ring (bicyclic) bond motifs is 1. The van der Waals surface area contributed by atoms with Crippen molar-refractivity contribution in [1.82, 2.24) is 0 Å². The number of rotatable bonds is 2. The van der Waals surface area contributed by atoms with Crippen LogP contribution in [0.4, 0.5) is 11.4 Å². The molecule has 0 saturated carbocycles. The molecule has 2 rings (SSSR count). The van der Waals surface area contributed by atoms with E-state index < -0.39 is 0 Å². The molecule has 1 aliphatic rings. The monoisotopic (exact) mass is 233 g/mol. The lowest BCUT2D eigenvalue weighted by Gasteiger charge is -2.37. The van der Waals surface area contributed by atoms with E-state index in [-0.39, 0.29) is 18.0 Å². The van der Waals surface area contributed by atoms with E-state index >= 15 is 0 Å². The molecule has 1 heterocycles. The van der Waals surface area contributed by atoms with Gasteiger partial charge in [-0.05, 0) is 32.4 Å². The summed E-state index contributed by atoms with van der Waals surface area (Å²) in [6, 6.07) is 5.86. The molecule has 0 fully saturated rings. The number of carbonyl (C=O) groups is 1. The van der Waals surface area contributed by atoms with Crippen molar-refractivity contribution < 1.29 is 4.79 Å². The van der Waals surface area contributed by atoms with E-state index in [9.17, 15) is 4.79 Å². The lowest BCUT2D eigenvalue weighted by molar-refractivity contribution is -0.119. The Kier molecular flexibility index (Phi) is 3.07. The van der Waals surface area contributed by atoms with E-state index in [1.807, 2.05) is 43.9 Å². The first-order chi connectivity index (χ1) is 8.06. The van der Waals surface area contributed by atoms with Crippen LogP contribution < -0.4 is 16.0 Å². The Bertz CT molecular complexity index is 442. The van der Waals surface area contributed by atoms with Crippen LogP contribution in [-0.2, 0) is 11.3 Å². The van der Waals surface area contributed by atoms with Crippen molar-refractivity contribution >= 4 is 17.3 Å². The van der Waals surface area contributed by atoms with Gasteiger partial charge in [-0.3, -0.25) is 4.79 Å². The highest BCUT2D eigenvalue weighted by Gasteiger charge is 2.31. The van der Waals surface area contributed by atoms with Gasteiger partial charge < -0.3 is 16.0 Å². The van der Waals surface area contributed by atoms with Gasteiger partial charge in [0, 0.05) is 12.6 Å². The number of para-hydroxylation sites is 1. The Morgan fingerprint density at radius 1 is 1.47 bits per heavy atom. The lowest BCUT2D eigenvalue weighted by Crippen LogP contribution is -2.49. The summed E-state index contributed by atoms with van der Waals surface area (Å²) in [5.74, 6) is 0.113. The van der Waals surface area contributed by atoms with Crippen LogP contribution in [0.25, 0.3) is 0 Å². The van der Waals surface area contributed by atoms with E-state index in [4.69, 9.17) is 5.73 Å². The first kappa shape index (κ1) is 11.9. The van der Waals surface area contributed by atoms with Crippen molar-refractivity contribution in [3.05, 3.63) is 23.8 Å². The van der Waals surface area contributed by atoms with Crippen LogP contribution >= 0.6 is 0 Å². The third kappa shape index (κ3) is 1.89. The SMILES string of the molecule is CC1Nc2c(CN)cccc2N(C(C)C)C1=O. The minimum absolute atomic E-state index is 0.113. The van der Waals surface area contributed by atoms with Crippen LogP contribution in [0.1, 0.15) is 26.3 Å². The molecule has 1 unspecified atom stereocenters. The zero-order valence-corrected chi connectivity index (χ0v) is 10.5. The fourth-order valence-corrected chi connectivity index (χ4v) is 2.26. The van der Waals surface area contributed by atoms with Gasteiger partial charge in [0.1, 0.15) is 6.04 Å². The fraction of sp³-hybridized carbons (Fsp3) is 0.462. The van der Waals surface area contributed by atoms with E-state index in [0.29, 0.717) is 6.54 Å². The van der Waals surface area contributed by atoms with Crippen LogP contribution in [0.5, 0.6) is 0 Å². The smallest absolute Gasteiger partial charge is 0.249 e. The van der Waals surface area contributed by atoms with Crippen molar-refractivity contribution in [2.75, 3.05) is 10.2 Å². The van der Waals surface area contributed by atoms with Gasteiger partial charge >= 0.3 is 0 Å². The second kappa shape index (κ2) is 4.37. The summed E-state index contributed by atoms with van der Waals surface area (Å²) in [6.07, 6.45) is 0. The average Bonchev–Trinajstić information content (AvgIpc) is 2.29. The number of nitrogens with zero attached hydrogens (tertiary/aromatic N) is 1. The molecule has 4 heteroatoms. The lowest BCUT2D eigenvalue weighted by atomic mass is 10.0. The Hall–Kier alpha value is -1.55. The van der Waals surface area contributed by atoms with Gasteiger partial charge in [0.2, 0.25) is 5.91 Å². The van der Waals surface area contributed by atoms with Crippen molar-refractivity contribution in [3.8, 4) is 0 Å².